The predicted octanol–water partition coefficient (Wildman–Crippen LogP) is 2.32. The summed E-state index contributed by atoms with van der Waals surface area (Å²) in [6.07, 6.45) is 0.879. The van der Waals surface area contributed by atoms with Crippen LogP contribution in [0.3, 0.4) is 0 Å². The first-order valence-corrected chi connectivity index (χ1v) is 9.08. The normalized spacial score (nSPS) is 15.9. The van der Waals surface area contributed by atoms with Crippen LogP contribution in [0.4, 0.5) is 0 Å². The molecular formula is C20H27N3O2. The summed E-state index contributed by atoms with van der Waals surface area (Å²) in [5.74, 6) is 0.145. The fraction of sp³-hybridized carbons (Fsp3) is 0.500. The van der Waals surface area contributed by atoms with Crippen molar-refractivity contribution in [1.29, 1.82) is 0 Å². The molecular weight excluding hydrogens is 314 g/mol. The molecule has 3 rings (SSSR count). The number of benzene rings is 1. The van der Waals surface area contributed by atoms with Gasteiger partial charge in [0.25, 0.3) is 5.56 Å². The van der Waals surface area contributed by atoms with E-state index in [4.69, 9.17) is 0 Å². The molecule has 0 radical (unpaired) electrons. The van der Waals surface area contributed by atoms with Gasteiger partial charge in [-0.05, 0) is 50.3 Å². The highest BCUT2D eigenvalue weighted by Gasteiger charge is 2.22. The van der Waals surface area contributed by atoms with E-state index in [1.165, 1.54) is 0 Å². The number of amides is 1. The standard InChI is InChI=1S/C20H27N3O2/c1-14(2)22-8-10-23(11-9-22)19(24)7-6-17-13-16-5-4-15(3)12-18(16)21-20(17)25/h4-5,12-14H,6-11H2,1-3H3,(H,21,25). The van der Waals surface area contributed by atoms with E-state index in [9.17, 15) is 9.59 Å². The van der Waals surface area contributed by atoms with Crippen molar-refractivity contribution in [2.45, 2.75) is 39.7 Å². The number of pyridine rings is 1. The third-order valence-corrected chi connectivity index (χ3v) is 5.08. The quantitative estimate of drug-likeness (QED) is 0.928. The largest absolute Gasteiger partial charge is 0.340 e. The highest BCUT2D eigenvalue weighted by atomic mass is 16.2. The van der Waals surface area contributed by atoms with Gasteiger partial charge in [0.05, 0.1) is 0 Å². The van der Waals surface area contributed by atoms with Crippen LogP contribution in [0.15, 0.2) is 29.1 Å². The fourth-order valence-corrected chi connectivity index (χ4v) is 3.43. The molecule has 25 heavy (non-hydrogen) atoms. The van der Waals surface area contributed by atoms with Gasteiger partial charge in [-0.1, -0.05) is 12.1 Å². The first kappa shape index (κ1) is 17.7. The molecule has 2 heterocycles. The van der Waals surface area contributed by atoms with Gasteiger partial charge in [0.2, 0.25) is 5.91 Å². The zero-order valence-corrected chi connectivity index (χ0v) is 15.3. The maximum Gasteiger partial charge on any atom is 0.251 e. The minimum absolute atomic E-state index is 0.0875. The van der Waals surface area contributed by atoms with Crippen molar-refractivity contribution in [3.63, 3.8) is 0 Å². The molecule has 1 fully saturated rings. The lowest BCUT2D eigenvalue weighted by molar-refractivity contribution is -0.133. The monoisotopic (exact) mass is 341 g/mol. The summed E-state index contributed by atoms with van der Waals surface area (Å²) in [5, 5.41) is 1.01. The number of rotatable bonds is 4. The summed E-state index contributed by atoms with van der Waals surface area (Å²) in [4.78, 5) is 32.0. The van der Waals surface area contributed by atoms with Crippen LogP contribution in [0, 0.1) is 6.92 Å². The molecule has 134 valence electrons. The highest BCUT2D eigenvalue weighted by molar-refractivity contribution is 5.80. The van der Waals surface area contributed by atoms with E-state index in [0.717, 1.165) is 42.6 Å². The number of piperazine rings is 1. The van der Waals surface area contributed by atoms with Crippen LogP contribution in [0.5, 0.6) is 0 Å². The summed E-state index contributed by atoms with van der Waals surface area (Å²) in [5.41, 5.74) is 2.57. The van der Waals surface area contributed by atoms with Crippen molar-refractivity contribution < 1.29 is 4.79 Å². The van der Waals surface area contributed by atoms with Gasteiger partial charge in [-0.15, -0.1) is 0 Å². The summed E-state index contributed by atoms with van der Waals surface area (Å²) < 4.78 is 0. The predicted molar refractivity (Wildman–Crippen MR) is 101 cm³/mol. The second kappa shape index (κ2) is 7.40. The van der Waals surface area contributed by atoms with Gasteiger partial charge in [-0.3, -0.25) is 14.5 Å². The number of carbonyl (C=O) groups is 1. The molecule has 5 nitrogen and oxygen atoms in total. The number of nitrogens with zero attached hydrogens (tertiary/aromatic N) is 2. The van der Waals surface area contributed by atoms with Crippen LogP contribution in [-0.2, 0) is 11.2 Å². The molecule has 1 aliphatic rings. The number of hydrogen-bond acceptors (Lipinski definition) is 3. The summed E-state index contributed by atoms with van der Waals surface area (Å²) >= 11 is 0. The molecule has 1 aliphatic heterocycles. The minimum atomic E-state index is -0.0875. The Hall–Kier alpha value is -2.14. The minimum Gasteiger partial charge on any atom is -0.340 e. The summed E-state index contributed by atoms with van der Waals surface area (Å²) in [7, 11) is 0. The molecule has 1 N–H and O–H groups in total. The maximum atomic E-state index is 12.5. The molecule has 1 saturated heterocycles. The van der Waals surface area contributed by atoms with Gasteiger partial charge in [0, 0.05) is 49.7 Å². The number of aromatic nitrogens is 1. The lowest BCUT2D eigenvalue weighted by atomic mass is 10.1. The fourth-order valence-electron chi connectivity index (χ4n) is 3.43. The number of H-pyrrole nitrogens is 1. The molecule has 1 aromatic carbocycles. The molecule has 0 spiro atoms. The molecule has 0 saturated carbocycles. The van der Waals surface area contributed by atoms with Crippen molar-refractivity contribution in [1.82, 2.24) is 14.8 Å². The molecule has 5 heteroatoms. The van der Waals surface area contributed by atoms with Crippen LogP contribution in [-0.4, -0.2) is 52.9 Å². The van der Waals surface area contributed by atoms with Gasteiger partial charge in [-0.2, -0.15) is 0 Å². The Balaban J connectivity index is 1.63. The van der Waals surface area contributed by atoms with Crippen molar-refractivity contribution >= 4 is 16.8 Å². The van der Waals surface area contributed by atoms with E-state index >= 15 is 0 Å². The van der Waals surface area contributed by atoms with Crippen LogP contribution in [0.1, 0.15) is 31.4 Å². The zero-order chi connectivity index (χ0) is 18.0. The van der Waals surface area contributed by atoms with Crippen LogP contribution >= 0.6 is 0 Å². The van der Waals surface area contributed by atoms with E-state index in [2.05, 4.69) is 23.7 Å². The van der Waals surface area contributed by atoms with E-state index < -0.39 is 0 Å². The lowest BCUT2D eigenvalue weighted by Crippen LogP contribution is -2.50. The van der Waals surface area contributed by atoms with E-state index in [1.54, 1.807) is 0 Å². The Kier molecular flexibility index (Phi) is 5.23. The van der Waals surface area contributed by atoms with Crippen molar-refractivity contribution in [2.75, 3.05) is 26.2 Å². The Labute approximate surface area is 148 Å². The topological polar surface area (TPSA) is 56.4 Å². The molecule has 1 amide bonds. The van der Waals surface area contributed by atoms with Crippen LogP contribution < -0.4 is 5.56 Å². The second-order valence-electron chi connectivity index (χ2n) is 7.22. The van der Waals surface area contributed by atoms with Crippen LogP contribution in [0.2, 0.25) is 0 Å². The molecule has 1 aromatic heterocycles. The van der Waals surface area contributed by atoms with Crippen molar-refractivity contribution in [2.24, 2.45) is 0 Å². The van der Waals surface area contributed by atoms with Gasteiger partial charge in [0.15, 0.2) is 0 Å². The van der Waals surface area contributed by atoms with Gasteiger partial charge >= 0.3 is 0 Å². The molecule has 0 atom stereocenters. The number of aromatic amines is 1. The highest BCUT2D eigenvalue weighted by Crippen LogP contribution is 2.14. The Morgan fingerprint density at radius 1 is 1.16 bits per heavy atom. The Bertz CT molecular complexity index is 817. The number of aryl methyl sites for hydroxylation is 2. The first-order chi connectivity index (χ1) is 11.9. The third-order valence-electron chi connectivity index (χ3n) is 5.08. The number of nitrogens with one attached hydrogen (secondary N) is 1. The maximum absolute atomic E-state index is 12.5. The molecule has 0 aliphatic carbocycles. The average Bonchev–Trinajstić information content (AvgIpc) is 2.59. The molecule has 0 bridgehead atoms. The zero-order valence-electron chi connectivity index (χ0n) is 15.3. The van der Waals surface area contributed by atoms with Crippen molar-refractivity contribution in [3.05, 3.63) is 45.7 Å². The molecule has 2 aromatic rings. The number of fused-ring (bicyclic) bond motifs is 1. The van der Waals surface area contributed by atoms with E-state index in [1.807, 2.05) is 36.1 Å². The SMILES string of the molecule is Cc1ccc2cc(CCC(=O)N3CCN(C(C)C)CC3)c(=O)[nH]c2c1. The Morgan fingerprint density at radius 2 is 1.88 bits per heavy atom. The number of hydrogen-bond donors (Lipinski definition) is 1. The summed E-state index contributed by atoms with van der Waals surface area (Å²) in [6.45, 7) is 9.80. The molecule has 0 unspecified atom stereocenters. The van der Waals surface area contributed by atoms with Gasteiger partial charge in [-0.25, -0.2) is 0 Å². The Morgan fingerprint density at radius 3 is 2.56 bits per heavy atom. The van der Waals surface area contributed by atoms with Gasteiger partial charge in [0.1, 0.15) is 0 Å². The smallest absolute Gasteiger partial charge is 0.251 e. The summed E-state index contributed by atoms with van der Waals surface area (Å²) in [6, 6.07) is 8.45. The van der Waals surface area contributed by atoms with Crippen molar-refractivity contribution in [3.8, 4) is 0 Å². The van der Waals surface area contributed by atoms with Gasteiger partial charge < -0.3 is 9.88 Å². The third kappa shape index (κ3) is 4.10. The second-order valence-corrected chi connectivity index (χ2v) is 7.22. The average molecular weight is 341 g/mol. The lowest BCUT2D eigenvalue weighted by Gasteiger charge is -2.37. The van der Waals surface area contributed by atoms with E-state index in [-0.39, 0.29) is 11.5 Å². The van der Waals surface area contributed by atoms with E-state index in [0.29, 0.717) is 24.4 Å². The number of carbonyl (C=O) groups excluding carboxylic acids is 1. The first-order valence-electron chi connectivity index (χ1n) is 9.08. The van der Waals surface area contributed by atoms with Crippen LogP contribution in [0.25, 0.3) is 10.9 Å².